The second kappa shape index (κ2) is 6.76. The number of nitrogens with one attached hydrogen (secondary N) is 1. The summed E-state index contributed by atoms with van der Waals surface area (Å²) in [6.07, 6.45) is 2.00. The number of fused-ring (bicyclic) bond motifs is 1. The van der Waals surface area contributed by atoms with E-state index in [2.05, 4.69) is 43.4 Å². The molecule has 0 aliphatic heterocycles. The molecule has 0 saturated heterocycles. The van der Waals surface area contributed by atoms with Gasteiger partial charge in [-0.05, 0) is 29.5 Å². The Morgan fingerprint density at radius 2 is 2.05 bits per heavy atom. The summed E-state index contributed by atoms with van der Waals surface area (Å²) in [6, 6.07) is 8.38. The van der Waals surface area contributed by atoms with Crippen LogP contribution in [0.1, 0.15) is 19.4 Å². The van der Waals surface area contributed by atoms with Gasteiger partial charge in [0.05, 0.1) is 5.52 Å². The van der Waals surface area contributed by atoms with Crippen molar-refractivity contribution < 1.29 is 4.79 Å². The first kappa shape index (κ1) is 15.6. The van der Waals surface area contributed by atoms with Crippen molar-refractivity contribution in [3.8, 4) is 0 Å². The Morgan fingerprint density at radius 1 is 1.29 bits per heavy atom. The standard InChI is InChI=1S/C17H25N3O/c1-13(2)10-18-11-15-7-5-6-14-8-9-20(17(14)15)12-16(21)19(3)4/h5-9,13,18H,10-12H2,1-4H3. The maximum absolute atomic E-state index is 12.0. The van der Waals surface area contributed by atoms with Gasteiger partial charge in [0.2, 0.25) is 5.91 Å². The third-order valence-corrected chi connectivity index (χ3v) is 3.54. The number of rotatable bonds is 6. The molecule has 1 amide bonds. The molecule has 2 rings (SSSR count). The first-order chi connectivity index (χ1) is 9.99. The Kier molecular flexibility index (Phi) is 5.02. The fourth-order valence-electron chi connectivity index (χ4n) is 2.40. The lowest BCUT2D eigenvalue weighted by Crippen LogP contribution is -2.26. The van der Waals surface area contributed by atoms with Crippen LogP contribution < -0.4 is 5.32 Å². The zero-order valence-electron chi connectivity index (χ0n) is 13.4. The molecule has 4 heteroatoms. The summed E-state index contributed by atoms with van der Waals surface area (Å²) < 4.78 is 2.05. The molecule has 0 radical (unpaired) electrons. The van der Waals surface area contributed by atoms with Gasteiger partial charge in [0, 0.05) is 26.8 Å². The van der Waals surface area contributed by atoms with Crippen LogP contribution in [-0.4, -0.2) is 36.0 Å². The molecule has 1 N–H and O–H groups in total. The van der Waals surface area contributed by atoms with E-state index in [4.69, 9.17) is 0 Å². The van der Waals surface area contributed by atoms with Crippen LogP contribution in [0.4, 0.5) is 0 Å². The average Bonchev–Trinajstić information content (AvgIpc) is 2.82. The summed E-state index contributed by atoms with van der Waals surface area (Å²) in [5, 5.41) is 4.66. The highest BCUT2D eigenvalue weighted by Crippen LogP contribution is 2.20. The molecule has 0 saturated carbocycles. The fourth-order valence-corrected chi connectivity index (χ4v) is 2.40. The second-order valence-electron chi connectivity index (χ2n) is 6.11. The number of nitrogens with zero attached hydrogens (tertiary/aromatic N) is 2. The van der Waals surface area contributed by atoms with Gasteiger partial charge in [0.1, 0.15) is 6.54 Å². The minimum absolute atomic E-state index is 0.109. The van der Waals surface area contributed by atoms with E-state index in [-0.39, 0.29) is 5.91 Å². The molecule has 0 unspecified atom stereocenters. The minimum Gasteiger partial charge on any atom is -0.347 e. The van der Waals surface area contributed by atoms with Crippen molar-refractivity contribution in [1.82, 2.24) is 14.8 Å². The summed E-state index contributed by atoms with van der Waals surface area (Å²) >= 11 is 0. The molecule has 0 atom stereocenters. The number of hydrogen-bond acceptors (Lipinski definition) is 2. The van der Waals surface area contributed by atoms with E-state index in [1.165, 1.54) is 10.9 Å². The number of likely N-dealkylation sites (N-methyl/N-ethyl adjacent to an activating group) is 1. The molecule has 2 aromatic rings. The lowest BCUT2D eigenvalue weighted by Gasteiger charge is -2.14. The number of benzene rings is 1. The fraction of sp³-hybridized carbons (Fsp3) is 0.471. The molecule has 0 fully saturated rings. The molecule has 114 valence electrons. The van der Waals surface area contributed by atoms with Crippen LogP contribution >= 0.6 is 0 Å². The molecule has 0 bridgehead atoms. The van der Waals surface area contributed by atoms with Crippen LogP contribution in [0.15, 0.2) is 30.5 Å². The van der Waals surface area contributed by atoms with Gasteiger partial charge in [-0.1, -0.05) is 32.0 Å². The quantitative estimate of drug-likeness (QED) is 0.886. The summed E-state index contributed by atoms with van der Waals surface area (Å²) in [5.41, 5.74) is 2.40. The maximum atomic E-state index is 12.0. The van der Waals surface area contributed by atoms with Crippen molar-refractivity contribution in [2.45, 2.75) is 26.9 Å². The van der Waals surface area contributed by atoms with Crippen LogP contribution in [0.3, 0.4) is 0 Å². The lowest BCUT2D eigenvalue weighted by molar-refractivity contribution is -0.129. The Balaban J connectivity index is 2.24. The SMILES string of the molecule is CC(C)CNCc1cccc2ccn(CC(=O)N(C)C)c12. The van der Waals surface area contributed by atoms with Crippen LogP contribution in [0.5, 0.6) is 0 Å². The van der Waals surface area contributed by atoms with Gasteiger partial charge in [-0.25, -0.2) is 0 Å². The van der Waals surface area contributed by atoms with E-state index < -0.39 is 0 Å². The van der Waals surface area contributed by atoms with Gasteiger partial charge >= 0.3 is 0 Å². The van der Waals surface area contributed by atoms with E-state index in [0.29, 0.717) is 12.5 Å². The van der Waals surface area contributed by atoms with E-state index in [9.17, 15) is 4.79 Å². The molecule has 1 aromatic carbocycles. The summed E-state index contributed by atoms with van der Waals surface area (Å²) in [5.74, 6) is 0.740. The van der Waals surface area contributed by atoms with Gasteiger partial charge in [0.15, 0.2) is 0 Å². The normalized spacial score (nSPS) is 11.3. The molecule has 0 aliphatic rings. The van der Waals surface area contributed by atoms with Crippen LogP contribution in [0, 0.1) is 5.92 Å². The van der Waals surface area contributed by atoms with Gasteiger partial charge in [0.25, 0.3) is 0 Å². The zero-order chi connectivity index (χ0) is 15.4. The Bertz CT molecular complexity index is 614. The number of amides is 1. The van der Waals surface area contributed by atoms with Gasteiger partial charge in [-0.3, -0.25) is 4.79 Å². The molecule has 1 aromatic heterocycles. The summed E-state index contributed by atoms with van der Waals surface area (Å²) in [6.45, 7) is 6.61. The largest absolute Gasteiger partial charge is 0.347 e. The molecular weight excluding hydrogens is 262 g/mol. The molecule has 4 nitrogen and oxygen atoms in total. The number of carbonyl (C=O) groups excluding carboxylic acids is 1. The number of para-hydroxylation sites is 1. The first-order valence-corrected chi connectivity index (χ1v) is 7.46. The molecular formula is C17H25N3O. The Morgan fingerprint density at radius 3 is 2.71 bits per heavy atom. The van der Waals surface area contributed by atoms with Crippen molar-refractivity contribution in [2.75, 3.05) is 20.6 Å². The van der Waals surface area contributed by atoms with Gasteiger partial charge in [-0.15, -0.1) is 0 Å². The average molecular weight is 287 g/mol. The highest BCUT2D eigenvalue weighted by atomic mass is 16.2. The van der Waals surface area contributed by atoms with Crippen molar-refractivity contribution in [1.29, 1.82) is 0 Å². The number of hydrogen-bond donors (Lipinski definition) is 1. The zero-order valence-corrected chi connectivity index (χ0v) is 13.4. The van der Waals surface area contributed by atoms with E-state index in [1.807, 2.05) is 10.8 Å². The summed E-state index contributed by atoms with van der Waals surface area (Å²) in [4.78, 5) is 13.6. The molecule has 0 aliphatic carbocycles. The topological polar surface area (TPSA) is 37.3 Å². The van der Waals surface area contributed by atoms with Crippen LogP contribution in [-0.2, 0) is 17.9 Å². The van der Waals surface area contributed by atoms with Gasteiger partial charge < -0.3 is 14.8 Å². The van der Waals surface area contributed by atoms with Crippen molar-refractivity contribution >= 4 is 16.8 Å². The van der Waals surface area contributed by atoms with Crippen molar-refractivity contribution in [3.63, 3.8) is 0 Å². The second-order valence-corrected chi connectivity index (χ2v) is 6.11. The van der Waals surface area contributed by atoms with Crippen LogP contribution in [0.25, 0.3) is 10.9 Å². The lowest BCUT2D eigenvalue weighted by atomic mass is 10.1. The predicted octanol–water partition coefficient (Wildman–Crippen LogP) is 2.48. The molecule has 21 heavy (non-hydrogen) atoms. The van der Waals surface area contributed by atoms with E-state index in [1.54, 1.807) is 19.0 Å². The van der Waals surface area contributed by atoms with E-state index >= 15 is 0 Å². The van der Waals surface area contributed by atoms with Crippen LogP contribution in [0.2, 0.25) is 0 Å². The Hall–Kier alpha value is -1.81. The highest BCUT2D eigenvalue weighted by Gasteiger charge is 2.10. The van der Waals surface area contributed by atoms with E-state index in [0.717, 1.165) is 18.6 Å². The molecule has 1 heterocycles. The predicted molar refractivity (Wildman–Crippen MR) is 87.2 cm³/mol. The highest BCUT2D eigenvalue weighted by molar-refractivity contribution is 5.85. The smallest absolute Gasteiger partial charge is 0.241 e. The van der Waals surface area contributed by atoms with Crippen molar-refractivity contribution in [3.05, 3.63) is 36.0 Å². The molecule has 0 spiro atoms. The van der Waals surface area contributed by atoms with Gasteiger partial charge in [-0.2, -0.15) is 0 Å². The summed E-state index contributed by atoms with van der Waals surface area (Å²) in [7, 11) is 3.58. The number of aromatic nitrogens is 1. The number of carbonyl (C=O) groups is 1. The third-order valence-electron chi connectivity index (χ3n) is 3.54. The van der Waals surface area contributed by atoms with Crippen molar-refractivity contribution in [2.24, 2.45) is 5.92 Å². The first-order valence-electron chi connectivity index (χ1n) is 7.46. The third kappa shape index (κ3) is 3.85. The maximum Gasteiger partial charge on any atom is 0.241 e. The Labute approximate surface area is 126 Å². The monoisotopic (exact) mass is 287 g/mol. The minimum atomic E-state index is 0.109.